The molecule has 1 N–H and O–H groups in total. The number of nitrogens with one attached hydrogen (secondary N) is 1. The van der Waals surface area contributed by atoms with E-state index in [2.05, 4.69) is 40.3 Å². The standard InChI is InChI=1S/C24H35N3O2/c1-5-6-8-18-15-19-9-7-12-25-23(19)21(16-18)29-20-10-13-27(14-11-20)17-22(28)26-24(2,3)4/h7,9,12,15-16,20H,5-6,8,10-11,13-14,17H2,1-4H3,(H,26,28). The largest absolute Gasteiger partial charge is 0.488 e. The molecule has 1 aliphatic rings. The van der Waals surface area contributed by atoms with Gasteiger partial charge in [0.25, 0.3) is 0 Å². The van der Waals surface area contributed by atoms with Gasteiger partial charge in [0.2, 0.25) is 5.91 Å². The van der Waals surface area contributed by atoms with E-state index in [1.807, 2.05) is 33.0 Å². The molecule has 2 heterocycles. The predicted octanol–water partition coefficient (Wildman–Crippen LogP) is 4.34. The summed E-state index contributed by atoms with van der Waals surface area (Å²) >= 11 is 0. The first-order chi connectivity index (χ1) is 13.8. The molecule has 5 heteroatoms. The van der Waals surface area contributed by atoms with Gasteiger partial charge in [-0.05, 0) is 70.2 Å². The number of piperidine rings is 1. The summed E-state index contributed by atoms with van der Waals surface area (Å²) < 4.78 is 6.43. The van der Waals surface area contributed by atoms with Crippen LogP contribution >= 0.6 is 0 Å². The zero-order chi connectivity index (χ0) is 20.9. The van der Waals surface area contributed by atoms with E-state index < -0.39 is 0 Å². The summed E-state index contributed by atoms with van der Waals surface area (Å²) in [6.45, 7) is 10.5. The molecule has 5 nitrogen and oxygen atoms in total. The number of fused-ring (bicyclic) bond motifs is 1. The van der Waals surface area contributed by atoms with Crippen LogP contribution in [-0.2, 0) is 11.2 Å². The Bertz CT molecular complexity index is 820. The summed E-state index contributed by atoms with van der Waals surface area (Å²) in [5.41, 5.74) is 2.08. The molecule has 3 rings (SSSR count). The molecule has 0 spiro atoms. The molecule has 1 amide bonds. The Hall–Kier alpha value is -2.14. The van der Waals surface area contributed by atoms with Crippen LogP contribution in [0.1, 0.15) is 58.9 Å². The maximum atomic E-state index is 12.2. The number of likely N-dealkylation sites (tertiary alicyclic amines) is 1. The van der Waals surface area contributed by atoms with Crippen LogP contribution in [0.4, 0.5) is 0 Å². The zero-order valence-electron chi connectivity index (χ0n) is 18.3. The first kappa shape index (κ1) is 21.6. The molecule has 1 fully saturated rings. The van der Waals surface area contributed by atoms with E-state index in [1.165, 1.54) is 18.4 Å². The van der Waals surface area contributed by atoms with E-state index in [0.29, 0.717) is 6.54 Å². The van der Waals surface area contributed by atoms with Crippen molar-refractivity contribution in [2.45, 2.75) is 71.4 Å². The number of hydrogen-bond donors (Lipinski definition) is 1. The summed E-state index contributed by atoms with van der Waals surface area (Å²) in [5.74, 6) is 0.994. The lowest BCUT2D eigenvalue weighted by Gasteiger charge is -2.32. The smallest absolute Gasteiger partial charge is 0.234 e. The van der Waals surface area contributed by atoms with Crippen LogP contribution in [0.15, 0.2) is 30.5 Å². The molecule has 29 heavy (non-hydrogen) atoms. The van der Waals surface area contributed by atoms with Gasteiger partial charge in [0.05, 0.1) is 6.54 Å². The number of aromatic nitrogens is 1. The Morgan fingerprint density at radius 1 is 1.28 bits per heavy atom. The van der Waals surface area contributed by atoms with Crippen LogP contribution in [0.2, 0.25) is 0 Å². The van der Waals surface area contributed by atoms with E-state index in [0.717, 1.165) is 49.0 Å². The van der Waals surface area contributed by atoms with Gasteiger partial charge in [-0.25, -0.2) is 0 Å². The minimum Gasteiger partial charge on any atom is -0.488 e. The second-order valence-electron chi connectivity index (χ2n) is 9.16. The highest BCUT2D eigenvalue weighted by Crippen LogP contribution is 2.29. The molecule has 2 aromatic rings. The Balaban J connectivity index is 1.61. The molecule has 1 aromatic heterocycles. The molecule has 0 unspecified atom stereocenters. The SMILES string of the molecule is CCCCc1cc(OC2CCN(CC(=O)NC(C)(C)C)CC2)c2ncccc2c1. The second-order valence-corrected chi connectivity index (χ2v) is 9.16. The fourth-order valence-electron chi connectivity index (χ4n) is 3.86. The van der Waals surface area contributed by atoms with Crippen molar-refractivity contribution in [3.63, 3.8) is 0 Å². The first-order valence-electron chi connectivity index (χ1n) is 10.9. The summed E-state index contributed by atoms with van der Waals surface area (Å²) in [4.78, 5) is 19.0. The topological polar surface area (TPSA) is 54.5 Å². The van der Waals surface area contributed by atoms with Gasteiger partial charge in [0, 0.05) is 30.2 Å². The number of carbonyl (C=O) groups excluding carboxylic acids is 1. The highest BCUT2D eigenvalue weighted by Gasteiger charge is 2.24. The minimum atomic E-state index is -0.185. The molecule has 1 saturated heterocycles. The normalized spacial score (nSPS) is 16.1. The fourth-order valence-corrected chi connectivity index (χ4v) is 3.86. The van der Waals surface area contributed by atoms with Gasteiger partial charge in [-0.3, -0.25) is 14.7 Å². The maximum absolute atomic E-state index is 12.2. The first-order valence-corrected chi connectivity index (χ1v) is 10.9. The van der Waals surface area contributed by atoms with Crippen LogP contribution in [-0.4, -0.2) is 47.1 Å². The highest BCUT2D eigenvalue weighted by molar-refractivity contribution is 5.85. The lowest BCUT2D eigenvalue weighted by atomic mass is 10.0. The van der Waals surface area contributed by atoms with Gasteiger partial charge in [0.1, 0.15) is 17.4 Å². The lowest BCUT2D eigenvalue weighted by molar-refractivity contribution is -0.124. The summed E-state index contributed by atoms with van der Waals surface area (Å²) in [6, 6.07) is 8.51. The van der Waals surface area contributed by atoms with Gasteiger partial charge >= 0.3 is 0 Å². The second kappa shape index (κ2) is 9.57. The number of amides is 1. The number of nitrogens with zero attached hydrogens (tertiary/aromatic N) is 2. The number of unbranched alkanes of at least 4 members (excludes halogenated alkanes) is 1. The highest BCUT2D eigenvalue weighted by atomic mass is 16.5. The van der Waals surface area contributed by atoms with Crippen molar-refractivity contribution in [3.05, 3.63) is 36.0 Å². The number of hydrogen-bond acceptors (Lipinski definition) is 4. The van der Waals surface area contributed by atoms with Gasteiger partial charge in [-0.2, -0.15) is 0 Å². The molecule has 0 bridgehead atoms. The van der Waals surface area contributed by atoms with Crippen LogP contribution < -0.4 is 10.1 Å². The molecule has 158 valence electrons. The van der Waals surface area contributed by atoms with Crippen molar-refractivity contribution in [2.75, 3.05) is 19.6 Å². The quantitative estimate of drug-likeness (QED) is 0.755. The van der Waals surface area contributed by atoms with Gasteiger partial charge < -0.3 is 10.1 Å². The van der Waals surface area contributed by atoms with Crippen LogP contribution in [0.25, 0.3) is 10.9 Å². The van der Waals surface area contributed by atoms with Crippen LogP contribution in [0.3, 0.4) is 0 Å². The predicted molar refractivity (Wildman–Crippen MR) is 118 cm³/mol. The van der Waals surface area contributed by atoms with E-state index >= 15 is 0 Å². The molecule has 0 saturated carbocycles. The van der Waals surface area contributed by atoms with Crippen molar-refractivity contribution in [2.24, 2.45) is 0 Å². The number of rotatable bonds is 7. The van der Waals surface area contributed by atoms with Crippen molar-refractivity contribution >= 4 is 16.8 Å². The van der Waals surface area contributed by atoms with Gasteiger partial charge in [-0.1, -0.05) is 19.4 Å². The number of ether oxygens (including phenoxy) is 1. The van der Waals surface area contributed by atoms with E-state index in [-0.39, 0.29) is 17.6 Å². The number of aryl methyl sites for hydroxylation is 1. The van der Waals surface area contributed by atoms with E-state index in [9.17, 15) is 4.79 Å². The Morgan fingerprint density at radius 3 is 2.72 bits per heavy atom. The average Bonchev–Trinajstić information content (AvgIpc) is 2.66. The third-order valence-corrected chi connectivity index (χ3v) is 5.26. The molecule has 0 aliphatic carbocycles. The molecule has 0 atom stereocenters. The van der Waals surface area contributed by atoms with Crippen molar-refractivity contribution in [1.82, 2.24) is 15.2 Å². The Morgan fingerprint density at radius 2 is 2.03 bits per heavy atom. The average molecular weight is 398 g/mol. The molecular weight excluding hydrogens is 362 g/mol. The monoisotopic (exact) mass is 397 g/mol. The van der Waals surface area contributed by atoms with Crippen molar-refractivity contribution in [1.29, 1.82) is 0 Å². The maximum Gasteiger partial charge on any atom is 0.234 e. The van der Waals surface area contributed by atoms with Crippen molar-refractivity contribution < 1.29 is 9.53 Å². The van der Waals surface area contributed by atoms with E-state index in [1.54, 1.807) is 0 Å². The van der Waals surface area contributed by atoms with Crippen LogP contribution in [0.5, 0.6) is 5.75 Å². The third kappa shape index (κ3) is 6.43. The number of benzene rings is 1. The molecular formula is C24H35N3O2. The summed E-state index contributed by atoms with van der Waals surface area (Å²) in [6.07, 6.45) is 7.29. The molecule has 1 aliphatic heterocycles. The molecule has 0 radical (unpaired) electrons. The number of carbonyl (C=O) groups is 1. The minimum absolute atomic E-state index is 0.0932. The molecule has 1 aromatic carbocycles. The van der Waals surface area contributed by atoms with Gasteiger partial charge in [0.15, 0.2) is 0 Å². The van der Waals surface area contributed by atoms with E-state index in [4.69, 9.17) is 4.74 Å². The summed E-state index contributed by atoms with van der Waals surface area (Å²) in [7, 11) is 0. The summed E-state index contributed by atoms with van der Waals surface area (Å²) in [5, 5.41) is 4.19. The third-order valence-electron chi connectivity index (χ3n) is 5.26. The Kier molecular flexibility index (Phi) is 7.12. The van der Waals surface area contributed by atoms with Crippen LogP contribution in [0, 0.1) is 0 Å². The Labute approximate surface area is 174 Å². The van der Waals surface area contributed by atoms with Crippen molar-refractivity contribution in [3.8, 4) is 5.75 Å². The zero-order valence-corrected chi connectivity index (χ0v) is 18.3. The number of pyridine rings is 1. The fraction of sp³-hybridized carbons (Fsp3) is 0.583. The van der Waals surface area contributed by atoms with Gasteiger partial charge in [-0.15, -0.1) is 0 Å². The lowest BCUT2D eigenvalue weighted by Crippen LogP contribution is -2.48.